The third kappa shape index (κ3) is 4.63. The molecule has 1 heterocycles. The zero-order valence-corrected chi connectivity index (χ0v) is 15.5. The van der Waals surface area contributed by atoms with Crippen molar-refractivity contribution in [1.29, 1.82) is 0 Å². The van der Waals surface area contributed by atoms with E-state index in [-0.39, 0.29) is 18.2 Å². The predicted molar refractivity (Wildman–Crippen MR) is 98.2 cm³/mol. The number of carboxylic acid groups (broad SMARTS) is 1. The molecule has 1 saturated carbocycles. The molecule has 1 amide bonds. The molecule has 8 heteroatoms. The predicted octanol–water partition coefficient (Wildman–Crippen LogP) is 2.23. The average molecular weight is 374 g/mol. The van der Waals surface area contributed by atoms with Gasteiger partial charge in [-0.15, -0.1) is 10.2 Å². The van der Waals surface area contributed by atoms with Crippen molar-refractivity contribution in [1.82, 2.24) is 19.7 Å². The Morgan fingerprint density at radius 3 is 2.62 bits per heavy atom. The molecule has 1 aromatic heterocycles. The third-order valence-corrected chi connectivity index (χ3v) is 5.21. The number of carboxylic acids is 1. The molecular weight excluding hydrogens is 352 g/mol. The lowest BCUT2D eigenvalue weighted by Crippen LogP contribution is -2.36. The van der Waals surface area contributed by atoms with Crippen LogP contribution in [0.2, 0.25) is 0 Å². The van der Waals surface area contributed by atoms with Gasteiger partial charge in [-0.1, -0.05) is 42.1 Å². The zero-order valence-electron chi connectivity index (χ0n) is 14.7. The van der Waals surface area contributed by atoms with Crippen LogP contribution in [-0.2, 0) is 16.1 Å². The number of benzene rings is 1. The summed E-state index contributed by atoms with van der Waals surface area (Å²) in [5.74, 6) is 0.367. The fourth-order valence-corrected chi connectivity index (χ4v) is 3.57. The van der Waals surface area contributed by atoms with Gasteiger partial charge < -0.3 is 14.6 Å². The van der Waals surface area contributed by atoms with E-state index in [0.717, 1.165) is 24.2 Å². The number of aromatic nitrogens is 3. The Balaban J connectivity index is 1.71. The summed E-state index contributed by atoms with van der Waals surface area (Å²) in [7, 11) is 0. The molecule has 2 aromatic rings. The summed E-state index contributed by atoms with van der Waals surface area (Å²) in [4.78, 5) is 24.5. The number of carbonyl (C=O) groups is 2. The molecule has 0 bridgehead atoms. The molecule has 0 unspecified atom stereocenters. The Labute approximate surface area is 156 Å². The summed E-state index contributed by atoms with van der Waals surface area (Å²) in [6.45, 7) is 2.53. The number of thioether (sulfide) groups is 1. The van der Waals surface area contributed by atoms with E-state index in [1.165, 1.54) is 16.7 Å². The van der Waals surface area contributed by atoms with Crippen LogP contribution >= 0.6 is 11.8 Å². The van der Waals surface area contributed by atoms with Crippen molar-refractivity contribution in [2.45, 2.75) is 37.4 Å². The van der Waals surface area contributed by atoms with Gasteiger partial charge in [0.05, 0.1) is 12.3 Å². The van der Waals surface area contributed by atoms with Gasteiger partial charge in [-0.05, 0) is 25.3 Å². The van der Waals surface area contributed by atoms with Gasteiger partial charge in [-0.2, -0.15) is 0 Å². The van der Waals surface area contributed by atoms with Crippen molar-refractivity contribution in [3.05, 3.63) is 41.7 Å². The third-order valence-electron chi connectivity index (χ3n) is 4.26. The first-order chi connectivity index (χ1) is 12.6. The van der Waals surface area contributed by atoms with Crippen LogP contribution < -0.4 is 0 Å². The smallest absolute Gasteiger partial charge is 0.323 e. The molecule has 0 aliphatic heterocycles. The monoisotopic (exact) mass is 374 g/mol. The maximum atomic E-state index is 12.3. The van der Waals surface area contributed by atoms with Gasteiger partial charge in [-0.3, -0.25) is 9.59 Å². The van der Waals surface area contributed by atoms with Gasteiger partial charge in [0.1, 0.15) is 12.4 Å². The fraction of sp³-hybridized carbons (Fsp3) is 0.444. The van der Waals surface area contributed by atoms with E-state index in [1.807, 2.05) is 18.2 Å². The summed E-state index contributed by atoms with van der Waals surface area (Å²) in [6.07, 6.45) is 2.25. The van der Waals surface area contributed by atoms with Gasteiger partial charge in [0.2, 0.25) is 5.91 Å². The molecule has 1 N–H and O–H groups in total. The fourth-order valence-electron chi connectivity index (χ4n) is 2.72. The molecule has 3 rings (SSSR count). The maximum Gasteiger partial charge on any atom is 0.323 e. The molecule has 0 saturated heterocycles. The van der Waals surface area contributed by atoms with Crippen LogP contribution in [-0.4, -0.2) is 55.5 Å². The molecule has 1 aliphatic rings. The second kappa shape index (κ2) is 8.35. The maximum absolute atomic E-state index is 12.3. The van der Waals surface area contributed by atoms with Gasteiger partial charge in [0.15, 0.2) is 5.16 Å². The Morgan fingerprint density at radius 1 is 1.27 bits per heavy atom. The lowest BCUT2D eigenvalue weighted by molar-refractivity contribution is -0.143. The van der Waals surface area contributed by atoms with E-state index in [2.05, 4.69) is 26.9 Å². The second-order valence-corrected chi connectivity index (χ2v) is 7.22. The van der Waals surface area contributed by atoms with E-state index in [4.69, 9.17) is 5.11 Å². The SMILES string of the molecule is CCN(CC(=O)O)C(=O)CSc1nnc(C2CC2)n1Cc1ccccc1. The second-order valence-electron chi connectivity index (χ2n) is 6.28. The van der Waals surface area contributed by atoms with Crippen molar-refractivity contribution in [3.63, 3.8) is 0 Å². The molecule has 0 radical (unpaired) electrons. The van der Waals surface area contributed by atoms with Crippen molar-refractivity contribution in [3.8, 4) is 0 Å². The van der Waals surface area contributed by atoms with E-state index in [1.54, 1.807) is 6.92 Å². The number of nitrogens with zero attached hydrogens (tertiary/aromatic N) is 4. The number of hydrogen-bond donors (Lipinski definition) is 1. The lowest BCUT2D eigenvalue weighted by Gasteiger charge is -2.18. The number of hydrogen-bond acceptors (Lipinski definition) is 5. The van der Waals surface area contributed by atoms with Crippen LogP contribution in [0.15, 0.2) is 35.5 Å². The highest BCUT2D eigenvalue weighted by Crippen LogP contribution is 2.40. The molecule has 1 aromatic carbocycles. The minimum atomic E-state index is -1.01. The van der Waals surface area contributed by atoms with Crippen LogP contribution in [0.1, 0.15) is 37.1 Å². The van der Waals surface area contributed by atoms with Crippen molar-refractivity contribution in [2.75, 3.05) is 18.8 Å². The zero-order chi connectivity index (χ0) is 18.5. The van der Waals surface area contributed by atoms with E-state index < -0.39 is 5.97 Å². The lowest BCUT2D eigenvalue weighted by atomic mass is 10.2. The molecule has 138 valence electrons. The van der Waals surface area contributed by atoms with Crippen molar-refractivity contribution in [2.24, 2.45) is 0 Å². The van der Waals surface area contributed by atoms with Crippen molar-refractivity contribution >= 4 is 23.6 Å². The minimum absolute atomic E-state index is 0.151. The van der Waals surface area contributed by atoms with Crippen LogP contribution in [0, 0.1) is 0 Å². The number of aliphatic carboxylic acids is 1. The topological polar surface area (TPSA) is 88.3 Å². The molecule has 1 fully saturated rings. The Morgan fingerprint density at radius 2 is 2.00 bits per heavy atom. The van der Waals surface area contributed by atoms with Gasteiger partial charge in [0, 0.05) is 12.5 Å². The van der Waals surface area contributed by atoms with Crippen LogP contribution in [0.25, 0.3) is 0 Å². The van der Waals surface area contributed by atoms with E-state index >= 15 is 0 Å². The summed E-state index contributed by atoms with van der Waals surface area (Å²) in [6, 6.07) is 10.1. The molecule has 1 aliphatic carbocycles. The molecule has 7 nitrogen and oxygen atoms in total. The Bertz CT molecular complexity index is 774. The van der Waals surface area contributed by atoms with E-state index in [9.17, 15) is 9.59 Å². The number of likely N-dealkylation sites (N-methyl/N-ethyl adjacent to an activating group) is 1. The Kier molecular flexibility index (Phi) is 5.92. The first-order valence-electron chi connectivity index (χ1n) is 8.67. The van der Waals surface area contributed by atoms with Crippen LogP contribution in [0.3, 0.4) is 0 Å². The standard InChI is InChI=1S/C18H22N4O3S/c1-2-21(11-16(24)25)15(23)12-26-18-20-19-17(14-8-9-14)22(18)10-13-6-4-3-5-7-13/h3-7,14H,2,8-12H2,1H3,(H,24,25). The van der Waals surface area contributed by atoms with Crippen LogP contribution in [0.5, 0.6) is 0 Å². The van der Waals surface area contributed by atoms with E-state index in [0.29, 0.717) is 24.2 Å². The highest BCUT2D eigenvalue weighted by atomic mass is 32.2. The van der Waals surface area contributed by atoms with Gasteiger partial charge in [-0.25, -0.2) is 0 Å². The highest BCUT2D eigenvalue weighted by molar-refractivity contribution is 7.99. The average Bonchev–Trinajstić information content (AvgIpc) is 3.40. The van der Waals surface area contributed by atoms with Crippen molar-refractivity contribution < 1.29 is 14.7 Å². The molecule has 0 spiro atoms. The summed E-state index contributed by atoms with van der Waals surface area (Å²) < 4.78 is 2.08. The number of amides is 1. The molecule has 0 atom stereocenters. The number of carbonyl (C=O) groups excluding carboxylic acids is 1. The van der Waals surface area contributed by atoms with Gasteiger partial charge >= 0.3 is 5.97 Å². The normalized spacial score (nSPS) is 13.6. The number of rotatable bonds is 9. The summed E-state index contributed by atoms with van der Waals surface area (Å²) in [5.41, 5.74) is 1.16. The summed E-state index contributed by atoms with van der Waals surface area (Å²) >= 11 is 1.32. The first kappa shape index (κ1) is 18.4. The minimum Gasteiger partial charge on any atom is -0.480 e. The molecular formula is C18H22N4O3S. The summed E-state index contributed by atoms with van der Waals surface area (Å²) in [5, 5.41) is 18.2. The highest BCUT2D eigenvalue weighted by Gasteiger charge is 2.30. The Hall–Kier alpha value is -2.35. The quantitative estimate of drug-likeness (QED) is 0.677. The van der Waals surface area contributed by atoms with Gasteiger partial charge in [0.25, 0.3) is 0 Å². The first-order valence-corrected chi connectivity index (χ1v) is 9.66. The largest absolute Gasteiger partial charge is 0.480 e. The van der Waals surface area contributed by atoms with Crippen LogP contribution in [0.4, 0.5) is 0 Å². The molecule has 26 heavy (non-hydrogen) atoms.